The summed E-state index contributed by atoms with van der Waals surface area (Å²) in [6, 6.07) is 13.5. The predicted octanol–water partition coefficient (Wildman–Crippen LogP) is 4.93. The average Bonchev–Trinajstić information content (AvgIpc) is 2.37. The van der Waals surface area contributed by atoms with E-state index in [0.29, 0.717) is 6.54 Å². The van der Waals surface area contributed by atoms with Crippen molar-refractivity contribution in [2.45, 2.75) is 13.5 Å². The van der Waals surface area contributed by atoms with Gasteiger partial charge in [-0.1, -0.05) is 44.0 Å². The van der Waals surface area contributed by atoms with Crippen LogP contribution in [-0.4, -0.2) is 10.8 Å². The minimum absolute atomic E-state index is 0.242. The van der Waals surface area contributed by atoms with Crippen molar-refractivity contribution in [2.75, 3.05) is 0 Å². The van der Waals surface area contributed by atoms with Crippen LogP contribution in [0, 0.1) is 0 Å². The summed E-state index contributed by atoms with van der Waals surface area (Å²) >= 11 is 6.73. The highest BCUT2D eigenvalue weighted by Gasteiger charge is 2.04. The first-order valence-electron chi connectivity index (χ1n) is 5.80. The van der Waals surface area contributed by atoms with Gasteiger partial charge >= 0.3 is 0 Å². The van der Waals surface area contributed by atoms with Gasteiger partial charge in [0.1, 0.15) is 5.75 Å². The van der Waals surface area contributed by atoms with Gasteiger partial charge < -0.3 is 5.11 Å². The van der Waals surface area contributed by atoms with E-state index in [1.807, 2.05) is 43.3 Å². The lowest BCUT2D eigenvalue weighted by Crippen LogP contribution is -1.96. The summed E-state index contributed by atoms with van der Waals surface area (Å²) < 4.78 is 1.91. The van der Waals surface area contributed by atoms with Crippen LogP contribution in [0.2, 0.25) is 0 Å². The number of nitrogens with zero attached hydrogens (tertiary/aromatic N) is 1. The van der Waals surface area contributed by atoms with Crippen LogP contribution in [0.3, 0.4) is 0 Å². The zero-order valence-corrected chi connectivity index (χ0v) is 13.6. The first kappa shape index (κ1) is 14.3. The molecule has 0 bridgehead atoms. The summed E-state index contributed by atoms with van der Waals surface area (Å²) in [5.74, 6) is 0.242. The van der Waals surface area contributed by atoms with Crippen LogP contribution in [-0.2, 0) is 6.54 Å². The third-order valence-corrected chi connectivity index (χ3v) is 3.78. The zero-order valence-electron chi connectivity index (χ0n) is 10.4. The Morgan fingerprint density at radius 3 is 2.32 bits per heavy atom. The highest BCUT2D eigenvalue weighted by molar-refractivity contribution is 9.10. The molecule has 0 saturated carbocycles. The average molecular weight is 383 g/mol. The Labute approximate surface area is 129 Å². The third-order valence-electron chi connectivity index (χ3n) is 2.76. The molecule has 0 aliphatic rings. The van der Waals surface area contributed by atoms with E-state index >= 15 is 0 Å². The van der Waals surface area contributed by atoms with Crippen LogP contribution in [0.5, 0.6) is 5.75 Å². The summed E-state index contributed by atoms with van der Waals surface area (Å²) in [7, 11) is 0. The van der Waals surface area contributed by atoms with E-state index in [9.17, 15) is 5.11 Å². The molecule has 98 valence electrons. The Balaban J connectivity index is 2.16. The summed E-state index contributed by atoms with van der Waals surface area (Å²) in [5, 5.41) is 9.88. The smallest absolute Gasteiger partial charge is 0.125 e. The van der Waals surface area contributed by atoms with E-state index in [4.69, 9.17) is 0 Å². The van der Waals surface area contributed by atoms with Crippen LogP contribution in [0.25, 0.3) is 0 Å². The van der Waals surface area contributed by atoms with E-state index in [-0.39, 0.29) is 5.75 Å². The Kier molecular flexibility index (Phi) is 4.77. The second-order valence-electron chi connectivity index (χ2n) is 4.19. The van der Waals surface area contributed by atoms with Gasteiger partial charge in [-0.3, -0.25) is 4.99 Å². The highest BCUT2D eigenvalue weighted by atomic mass is 79.9. The Morgan fingerprint density at radius 1 is 1.05 bits per heavy atom. The maximum atomic E-state index is 9.88. The molecule has 0 amide bonds. The first-order chi connectivity index (χ1) is 9.06. The summed E-state index contributed by atoms with van der Waals surface area (Å²) in [4.78, 5) is 4.51. The van der Waals surface area contributed by atoms with E-state index in [1.54, 1.807) is 6.07 Å². The molecule has 0 aliphatic heterocycles. The van der Waals surface area contributed by atoms with Crippen molar-refractivity contribution < 1.29 is 5.11 Å². The molecule has 4 heteroatoms. The monoisotopic (exact) mass is 381 g/mol. The van der Waals surface area contributed by atoms with Gasteiger partial charge in [0.15, 0.2) is 0 Å². The van der Waals surface area contributed by atoms with Gasteiger partial charge in [-0.2, -0.15) is 0 Å². The molecule has 0 spiro atoms. The van der Waals surface area contributed by atoms with Gasteiger partial charge in [-0.05, 0) is 42.8 Å². The standard InChI is InChI=1S/C15H13Br2NO/c1-10(14-7-6-13(17)8-15(14)19)18-9-11-2-4-12(16)5-3-11/h2-8,19H,9H2,1H3. The van der Waals surface area contributed by atoms with Gasteiger partial charge in [0.2, 0.25) is 0 Å². The number of aromatic hydroxyl groups is 1. The maximum Gasteiger partial charge on any atom is 0.125 e. The molecule has 0 fully saturated rings. The highest BCUT2D eigenvalue weighted by Crippen LogP contribution is 2.23. The van der Waals surface area contributed by atoms with Gasteiger partial charge in [0.05, 0.1) is 6.54 Å². The lowest BCUT2D eigenvalue weighted by Gasteiger charge is -2.05. The molecule has 0 aliphatic carbocycles. The van der Waals surface area contributed by atoms with Gasteiger partial charge in [0.25, 0.3) is 0 Å². The van der Waals surface area contributed by atoms with Crippen LogP contribution in [0.1, 0.15) is 18.1 Å². The quantitative estimate of drug-likeness (QED) is 0.750. The number of hydrogen-bond acceptors (Lipinski definition) is 2. The fourth-order valence-electron chi connectivity index (χ4n) is 1.70. The molecule has 2 aromatic rings. The third kappa shape index (κ3) is 3.91. The lowest BCUT2D eigenvalue weighted by molar-refractivity contribution is 0.473. The molecule has 0 radical (unpaired) electrons. The van der Waals surface area contributed by atoms with Crippen LogP contribution < -0.4 is 0 Å². The predicted molar refractivity (Wildman–Crippen MR) is 85.9 cm³/mol. The topological polar surface area (TPSA) is 32.6 Å². The Morgan fingerprint density at radius 2 is 1.68 bits per heavy atom. The molecule has 1 N–H and O–H groups in total. The minimum atomic E-state index is 0.242. The van der Waals surface area contributed by atoms with Gasteiger partial charge in [-0.25, -0.2) is 0 Å². The second-order valence-corrected chi connectivity index (χ2v) is 6.02. The van der Waals surface area contributed by atoms with Gasteiger partial charge in [-0.15, -0.1) is 0 Å². The lowest BCUT2D eigenvalue weighted by atomic mass is 10.1. The number of phenols is 1. The molecule has 0 saturated heterocycles. The molecule has 0 heterocycles. The fraction of sp³-hybridized carbons (Fsp3) is 0.133. The largest absolute Gasteiger partial charge is 0.507 e. The van der Waals surface area contributed by atoms with E-state index in [2.05, 4.69) is 36.9 Å². The molecule has 2 nitrogen and oxygen atoms in total. The van der Waals surface area contributed by atoms with Crippen LogP contribution in [0.4, 0.5) is 0 Å². The summed E-state index contributed by atoms with van der Waals surface area (Å²) in [6.07, 6.45) is 0. The van der Waals surface area contributed by atoms with Crippen molar-refractivity contribution in [1.29, 1.82) is 0 Å². The normalized spacial score (nSPS) is 11.6. The van der Waals surface area contributed by atoms with Crippen molar-refractivity contribution in [3.8, 4) is 5.75 Å². The van der Waals surface area contributed by atoms with Crippen LogP contribution in [0.15, 0.2) is 56.4 Å². The van der Waals surface area contributed by atoms with Crippen molar-refractivity contribution in [3.63, 3.8) is 0 Å². The molecule has 0 atom stereocenters. The first-order valence-corrected chi connectivity index (χ1v) is 7.39. The fourth-order valence-corrected chi connectivity index (χ4v) is 2.31. The molecule has 19 heavy (non-hydrogen) atoms. The van der Waals surface area contributed by atoms with E-state index < -0.39 is 0 Å². The number of aliphatic imine (C=N–C) groups is 1. The molecule has 0 unspecified atom stereocenters. The van der Waals surface area contributed by atoms with Crippen molar-refractivity contribution in [2.24, 2.45) is 4.99 Å². The second kappa shape index (κ2) is 6.35. The Bertz CT molecular complexity index is 606. The van der Waals surface area contributed by atoms with E-state index in [1.165, 1.54) is 0 Å². The number of hydrogen-bond donors (Lipinski definition) is 1. The number of phenolic OH excluding ortho intramolecular Hbond substituents is 1. The van der Waals surface area contributed by atoms with Gasteiger partial charge in [0, 0.05) is 20.2 Å². The molecular formula is C15H13Br2NO. The maximum absolute atomic E-state index is 9.88. The molecule has 2 rings (SSSR count). The molecular weight excluding hydrogens is 370 g/mol. The minimum Gasteiger partial charge on any atom is -0.507 e. The number of halogens is 2. The van der Waals surface area contributed by atoms with Crippen molar-refractivity contribution in [3.05, 3.63) is 62.5 Å². The van der Waals surface area contributed by atoms with Crippen molar-refractivity contribution in [1.82, 2.24) is 0 Å². The summed E-state index contributed by atoms with van der Waals surface area (Å²) in [5.41, 5.74) is 2.73. The Hall–Kier alpha value is -1.13. The summed E-state index contributed by atoms with van der Waals surface area (Å²) in [6.45, 7) is 2.51. The van der Waals surface area contributed by atoms with Crippen molar-refractivity contribution >= 4 is 37.6 Å². The van der Waals surface area contributed by atoms with Crippen LogP contribution >= 0.6 is 31.9 Å². The zero-order chi connectivity index (χ0) is 13.8. The molecule has 2 aromatic carbocycles. The molecule has 0 aromatic heterocycles. The van der Waals surface area contributed by atoms with E-state index in [0.717, 1.165) is 25.8 Å². The number of benzene rings is 2. The number of rotatable bonds is 3. The SMILES string of the molecule is CC(=NCc1ccc(Br)cc1)c1ccc(Br)cc1O.